The molecular formula is C16H13F3NO3S+. The summed E-state index contributed by atoms with van der Waals surface area (Å²) in [5, 5.41) is -1.43. The number of sulfone groups is 1. The van der Waals surface area contributed by atoms with Crippen LogP contribution in [0.15, 0.2) is 53.4 Å². The number of benzene rings is 2. The maximum Gasteiger partial charge on any atom is 0.573 e. The molecule has 0 heterocycles. The number of rotatable bonds is 4. The topological polar surface area (TPSA) is 47.7 Å². The van der Waals surface area contributed by atoms with E-state index in [2.05, 4.69) is 9.58 Å². The zero-order valence-corrected chi connectivity index (χ0v) is 13.3. The molecular weight excluding hydrogens is 343 g/mol. The van der Waals surface area contributed by atoms with Gasteiger partial charge in [0.25, 0.3) is 16.4 Å². The monoisotopic (exact) mass is 356 g/mol. The van der Waals surface area contributed by atoms with E-state index in [1.807, 2.05) is 0 Å². The summed E-state index contributed by atoms with van der Waals surface area (Å²) in [4.78, 5) is 3.40. The van der Waals surface area contributed by atoms with Crippen LogP contribution >= 0.6 is 0 Å². The van der Waals surface area contributed by atoms with Gasteiger partial charge in [0.05, 0.1) is 10.5 Å². The van der Waals surface area contributed by atoms with Gasteiger partial charge in [0.2, 0.25) is 0 Å². The van der Waals surface area contributed by atoms with E-state index < -0.39 is 27.3 Å². The zero-order chi connectivity index (χ0) is 18.0. The number of hydrogen-bond acceptors (Lipinski definition) is 3. The van der Waals surface area contributed by atoms with Gasteiger partial charge in [-0.1, -0.05) is 22.5 Å². The molecule has 2 rings (SSSR count). The molecule has 0 radical (unpaired) electrons. The van der Waals surface area contributed by atoms with E-state index in [4.69, 9.17) is 6.57 Å². The lowest BCUT2D eigenvalue weighted by Crippen LogP contribution is -2.17. The fourth-order valence-corrected chi connectivity index (χ4v) is 3.49. The van der Waals surface area contributed by atoms with Crippen LogP contribution < -0.4 is 4.74 Å². The Hall–Kier alpha value is -2.53. The van der Waals surface area contributed by atoms with Crippen molar-refractivity contribution in [2.75, 3.05) is 0 Å². The minimum Gasteiger partial charge on any atom is -0.406 e. The van der Waals surface area contributed by atoms with E-state index in [1.54, 1.807) is 19.1 Å². The Bertz CT molecular complexity index is 851. The van der Waals surface area contributed by atoms with Crippen molar-refractivity contribution in [2.24, 2.45) is 0 Å². The molecule has 1 atom stereocenters. The lowest BCUT2D eigenvalue weighted by atomic mass is 10.2. The summed E-state index contributed by atoms with van der Waals surface area (Å²) < 4.78 is 65.4. The fraction of sp³-hybridized carbons (Fsp3) is 0.188. The van der Waals surface area contributed by atoms with Crippen molar-refractivity contribution in [3.63, 3.8) is 0 Å². The minimum absolute atomic E-state index is 0.0166. The van der Waals surface area contributed by atoms with E-state index in [0.29, 0.717) is 0 Å². The highest BCUT2D eigenvalue weighted by molar-refractivity contribution is 7.91. The summed E-state index contributed by atoms with van der Waals surface area (Å²) in [6.45, 7) is 7.04. The highest BCUT2D eigenvalue weighted by atomic mass is 32.2. The van der Waals surface area contributed by atoms with Crippen LogP contribution in [0.4, 0.5) is 13.2 Å². The highest BCUT2D eigenvalue weighted by Crippen LogP contribution is 2.32. The maximum atomic E-state index is 12.6. The Kier molecular flexibility index (Phi) is 4.85. The second-order valence-electron chi connectivity index (χ2n) is 4.98. The van der Waals surface area contributed by atoms with Gasteiger partial charge in [-0.25, -0.2) is 8.42 Å². The van der Waals surface area contributed by atoms with Crippen molar-refractivity contribution < 1.29 is 26.3 Å². The summed E-state index contributed by atoms with van der Waals surface area (Å²) in [5.74, 6) is -0.463. The number of alkyl halides is 3. The van der Waals surface area contributed by atoms with Gasteiger partial charge in [-0.3, -0.25) is 0 Å². The first-order chi connectivity index (χ1) is 11.1. The molecule has 0 aliphatic rings. The summed E-state index contributed by atoms with van der Waals surface area (Å²) in [5.41, 5.74) is 1.01. The first-order valence-corrected chi connectivity index (χ1v) is 8.24. The predicted molar refractivity (Wildman–Crippen MR) is 82.5 cm³/mol. The lowest BCUT2D eigenvalue weighted by molar-refractivity contribution is -0.274. The van der Waals surface area contributed by atoms with E-state index in [9.17, 15) is 21.6 Å². The van der Waals surface area contributed by atoms with Crippen LogP contribution in [0.25, 0.3) is 4.85 Å². The molecule has 2 aromatic carbocycles. The number of hydrogen-bond donors (Lipinski definition) is 0. The van der Waals surface area contributed by atoms with Crippen LogP contribution in [-0.4, -0.2) is 14.8 Å². The zero-order valence-electron chi connectivity index (χ0n) is 12.5. The first-order valence-electron chi connectivity index (χ1n) is 6.70. The van der Waals surface area contributed by atoms with Crippen LogP contribution in [-0.2, 0) is 9.84 Å². The van der Waals surface area contributed by atoms with Gasteiger partial charge in [0, 0.05) is 0 Å². The Balaban J connectivity index is 2.34. The number of halogens is 3. The minimum atomic E-state index is -4.83. The fourth-order valence-electron chi connectivity index (χ4n) is 2.04. The van der Waals surface area contributed by atoms with Crippen molar-refractivity contribution in [1.29, 1.82) is 0 Å². The number of ether oxygens (including phenoxy) is 1. The average Bonchev–Trinajstić information content (AvgIpc) is 2.48. The first kappa shape index (κ1) is 17.8. The van der Waals surface area contributed by atoms with Crippen LogP contribution in [0.2, 0.25) is 0 Å². The van der Waals surface area contributed by atoms with Crippen molar-refractivity contribution in [3.8, 4) is 12.3 Å². The quantitative estimate of drug-likeness (QED) is 0.819. The molecule has 0 saturated heterocycles. The molecule has 0 amide bonds. The Morgan fingerprint density at radius 3 is 2.04 bits per heavy atom. The maximum absolute atomic E-state index is 12.6. The van der Waals surface area contributed by atoms with Gasteiger partial charge in [0.1, 0.15) is 5.75 Å². The molecule has 24 heavy (non-hydrogen) atoms. The summed E-state index contributed by atoms with van der Waals surface area (Å²) >= 11 is 0. The normalized spacial score (nSPS) is 13.1. The van der Waals surface area contributed by atoms with Crippen LogP contribution in [0.5, 0.6) is 5.75 Å². The Labute approximate surface area is 137 Å². The molecule has 126 valence electrons. The SMILES string of the molecule is C#[N+]C(c1ccc(OC(F)(F)F)cc1)S(=O)(=O)c1ccc(C)cc1. The van der Waals surface area contributed by atoms with Gasteiger partial charge in [-0.2, -0.15) is 0 Å². The molecule has 0 bridgehead atoms. The summed E-state index contributed by atoms with van der Waals surface area (Å²) in [7, 11) is -3.92. The van der Waals surface area contributed by atoms with Crippen LogP contribution in [0.3, 0.4) is 0 Å². The molecule has 2 aromatic rings. The van der Waals surface area contributed by atoms with Gasteiger partial charge in [-0.05, 0) is 43.3 Å². The second kappa shape index (κ2) is 6.53. The van der Waals surface area contributed by atoms with Crippen LogP contribution in [0.1, 0.15) is 16.5 Å². The summed E-state index contributed by atoms with van der Waals surface area (Å²) in [6.07, 6.45) is -4.83. The molecule has 8 heteroatoms. The molecule has 0 aliphatic carbocycles. The molecule has 0 aliphatic heterocycles. The predicted octanol–water partition coefficient (Wildman–Crippen LogP) is 4.33. The Morgan fingerprint density at radius 2 is 1.58 bits per heavy atom. The summed E-state index contributed by atoms with van der Waals surface area (Å²) in [6, 6.07) is 10.5. The molecule has 0 spiro atoms. The van der Waals surface area contributed by atoms with Crippen molar-refractivity contribution in [1.82, 2.24) is 0 Å². The van der Waals surface area contributed by atoms with E-state index in [1.165, 1.54) is 24.3 Å². The average molecular weight is 356 g/mol. The second-order valence-corrected chi connectivity index (χ2v) is 6.98. The van der Waals surface area contributed by atoms with Crippen LogP contribution in [0, 0.1) is 13.5 Å². The number of aryl methyl sites for hydroxylation is 1. The number of nitrogens with zero attached hydrogens (tertiary/aromatic N) is 1. The lowest BCUT2D eigenvalue weighted by Gasteiger charge is -2.09. The third-order valence-corrected chi connectivity index (χ3v) is 5.09. The van der Waals surface area contributed by atoms with Crippen molar-refractivity contribution in [3.05, 3.63) is 64.5 Å². The Morgan fingerprint density at radius 1 is 1.04 bits per heavy atom. The van der Waals surface area contributed by atoms with Gasteiger partial charge >= 0.3 is 11.7 Å². The van der Waals surface area contributed by atoms with Gasteiger partial charge in [-0.15, -0.1) is 13.2 Å². The van der Waals surface area contributed by atoms with Crippen molar-refractivity contribution >= 4 is 9.84 Å². The van der Waals surface area contributed by atoms with E-state index >= 15 is 0 Å². The third-order valence-electron chi connectivity index (χ3n) is 3.18. The van der Waals surface area contributed by atoms with E-state index in [-0.39, 0.29) is 10.5 Å². The standard InChI is InChI=1S/C16H13F3NO3S/c1-11-3-9-14(10-4-11)24(21,22)15(20-2)12-5-7-13(8-6-12)23-16(17,18)19/h2-10,15H,1H3/q+1. The van der Waals surface area contributed by atoms with Crippen molar-refractivity contribution in [2.45, 2.75) is 23.6 Å². The third kappa shape index (κ3) is 4.06. The van der Waals surface area contributed by atoms with E-state index in [0.717, 1.165) is 17.7 Å². The molecule has 0 fully saturated rings. The molecule has 0 aromatic heterocycles. The smallest absolute Gasteiger partial charge is 0.406 e. The molecule has 0 saturated carbocycles. The van der Waals surface area contributed by atoms with Gasteiger partial charge in [0.15, 0.2) is 0 Å². The molecule has 1 unspecified atom stereocenters. The molecule has 4 nitrogen and oxygen atoms in total. The molecule has 0 N–H and O–H groups in total. The van der Waals surface area contributed by atoms with Gasteiger partial charge < -0.3 is 4.74 Å². The highest BCUT2D eigenvalue weighted by Gasteiger charge is 2.38. The largest absolute Gasteiger partial charge is 0.573 e.